The Kier molecular flexibility index (Phi) is 10.5. The van der Waals surface area contributed by atoms with Gasteiger partial charge in [0.2, 0.25) is 0 Å². The van der Waals surface area contributed by atoms with Gasteiger partial charge in [-0.2, -0.15) is 0 Å². The second-order valence-corrected chi connectivity index (χ2v) is 16.1. The topological polar surface area (TPSA) is 0 Å². The van der Waals surface area contributed by atoms with E-state index in [0.29, 0.717) is 5.16 Å². The lowest BCUT2D eigenvalue weighted by atomic mass is 10.7. The number of hydrogen-bond donors (Lipinski definition) is 0. The highest BCUT2D eigenvalue weighted by molar-refractivity contribution is 7.01. The van der Waals surface area contributed by atoms with Gasteiger partial charge in [-0.05, 0) is 41.4 Å². The van der Waals surface area contributed by atoms with Crippen LogP contribution < -0.4 is 0 Å². The molecule has 0 aromatic rings. The van der Waals surface area contributed by atoms with E-state index in [2.05, 4.69) is 88.6 Å². The number of rotatable bonds is 15. The molecule has 0 aromatic heterocycles. The van der Waals surface area contributed by atoms with Crippen LogP contribution in [0.4, 0.5) is 0 Å². The van der Waals surface area contributed by atoms with Crippen LogP contribution in [-0.2, 0) is 0 Å². The van der Waals surface area contributed by atoms with Gasteiger partial charge in [-0.15, -0.1) is 46.1 Å². The second-order valence-electron chi connectivity index (χ2n) is 6.39. The highest BCUT2D eigenvalue weighted by Crippen LogP contribution is 2.47. The zero-order chi connectivity index (χ0) is 17.8. The molecule has 0 aliphatic carbocycles. The zero-order valence-electron chi connectivity index (χ0n) is 14.8. The first-order valence-electron chi connectivity index (χ1n) is 8.34. The predicted molar refractivity (Wildman–Crippen MR) is 115 cm³/mol. The van der Waals surface area contributed by atoms with Crippen LogP contribution in [0.15, 0.2) is 88.6 Å². The third kappa shape index (κ3) is 5.33. The highest BCUT2D eigenvalue weighted by atomic mass is 28.4. The van der Waals surface area contributed by atoms with E-state index in [9.17, 15) is 0 Å². The fourth-order valence-electron chi connectivity index (χ4n) is 4.14. The van der Waals surface area contributed by atoms with Crippen molar-refractivity contribution in [3.63, 3.8) is 0 Å². The Morgan fingerprint density at radius 1 is 0.478 bits per heavy atom. The highest BCUT2D eigenvalue weighted by Gasteiger charge is 2.48. The third-order valence-electron chi connectivity index (χ3n) is 4.86. The van der Waals surface area contributed by atoms with Crippen molar-refractivity contribution in [3.05, 3.63) is 88.6 Å². The molecule has 0 heterocycles. The summed E-state index contributed by atoms with van der Waals surface area (Å²) in [7, 11) is -3.45. The van der Waals surface area contributed by atoms with Crippen molar-refractivity contribution >= 4 is 16.1 Å². The van der Waals surface area contributed by atoms with Crippen molar-refractivity contribution in [1.82, 2.24) is 0 Å². The van der Waals surface area contributed by atoms with Gasteiger partial charge in [-0.3, -0.25) is 0 Å². The summed E-state index contributed by atoms with van der Waals surface area (Å²) >= 11 is 0. The number of allylic oxidation sites excluding steroid dienone is 7. The fraction of sp³-hybridized carbons (Fsp3) is 0.333. The maximum atomic E-state index is 4.25. The summed E-state index contributed by atoms with van der Waals surface area (Å²) in [6.07, 6.45) is 14.8. The summed E-state index contributed by atoms with van der Waals surface area (Å²) < 4.78 is 0. The van der Waals surface area contributed by atoms with Crippen LogP contribution in [0.5, 0.6) is 0 Å². The number of hydrogen-bond acceptors (Lipinski definition) is 0. The summed E-state index contributed by atoms with van der Waals surface area (Å²) in [5.74, 6) is 0. The van der Waals surface area contributed by atoms with E-state index in [1.807, 2.05) is 0 Å². The zero-order valence-corrected chi connectivity index (χ0v) is 16.8. The molecule has 0 aliphatic heterocycles. The molecule has 0 spiro atoms. The summed E-state index contributed by atoms with van der Waals surface area (Å²) in [6, 6.07) is 6.43. The average molecular weight is 343 g/mol. The normalized spacial score (nSPS) is 11.5. The van der Waals surface area contributed by atoms with Gasteiger partial charge in [-0.25, -0.2) is 0 Å². The molecule has 0 unspecified atom stereocenters. The van der Waals surface area contributed by atoms with E-state index in [0.717, 1.165) is 36.3 Å². The van der Waals surface area contributed by atoms with Crippen LogP contribution >= 0.6 is 0 Å². The summed E-state index contributed by atoms with van der Waals surface area (Å²) in [5.41, 5.74) is 0. The standard InChI is InChI=1S/C21H34Si2/c1-8-15-22(16-9-2,17-10-3)21(14-7)23(18-11-4,19-12-5)20-13-6/h8-14,21H,1-7,15-20H2. The smallest absolute Gasteiger partial charge is 0.0690 e. The van der Waals surface area contributed by atoms with Crippen LogP contribution in [0.2, 0.25) is 41.4 Å². The minimum Gasteiger partial charge on any atom is -0.103 e. The van der Waals surface area contributed by atoms with E-state index in [4.69, 9.17) is 0 Å². The molecule has 0 radical (unpaired) electrons. The predicted octanol–water partition coefficient (Wildman–Crippen LogP) is 7.10. The molecular formula is C21H34Si2. The molecule has 0 atom stereocenters. The minimum atomic E-state index is -1.73. The molecule has 0 aliphatic rings. The van der Waals surface area contributed by atoms with Gasteiger partial charge < -0.3 is 0 Å². The lowest BCUT2D eigenvalue weighted by Crippen LogP contribution is -2.52. The van der Waals surface area contributed by atoms with E-state index < -0.39 is 16.1 Å². The maximum absolute atomic E-state index is 4.25. The summed E-state index contributed by atoms with van der Waals surface area (Å²) in [4.78, 5) is 0. The molecule has 0 amide bonds. The Bertz CT molecular complexity index is 354. The van der Waals surface area contributed by atoms with Crippen LogP contribution in [0.25, 0.3) is 0 Å². The first-order valence-corrected chi connectivity index (χ1v) is 13.7. The second kappa shape index (κ2) is 11.2. The molecule has 126 valence electrons. The molecule has 0 aromatic carbocycles. The molecule has 0 N–H and O–H groups in total. The maximum Gasteiger partial charge on any atom is 0.0690 e. The van der Waals surface area contributed by atoms with Crippen LogP contribution in [-0.4, -0.2) is 16.1 Å². The summed E-state index contributed by atoms with van der Waals surface area (Å²) in [6.45, 7) is 28.5. The van der Waals surface area contributed by atoms with Gasteiger partial charge in [0.1, 0.15) is 0 Å². The van der Waals surface area contributed by atoms with Crippen molar-refractivity contribution < 1.29 is 0 Å². The van der Waals surface area contributed by atoms with Crippen molar-refractivity contribution in [2.75, 3.05) is 0 Å². The Morgan fingerprint density at radius 3 is 0.826 bits per heavy atom. The van der Waals surface area contributed by atoms with E-state index >= 15 is 0 Å². The minimum absolute atomic E-state index is 0.540. The van der Waals surface area contributed by atoms with E-state index in [1.54, 1.807) is 0 Å². The molecule has 0 saturated heterocycles. The fourth-order valence-corrected chi connectivity index (χ4v) is 18.4. The molecule has 0 fully saturated rings. The van der Waals surface area contributed by atoms with Gasteiger partial charge in [0, 0.05) is 0 Å². The molecule has 2 heteroatoms. The SMILES string of the molecule is C=CC[Si](CC=C)(CC=C)C(C=C)[Si](CC=C)(CC=C)CC=C. The van der Waals surface area contributed by atoms with Gasteiger partial charge in [0.15, 0.2) is 0 Å². The van der Waals surface area contributed by atoms with Crippen LogP contribution in [0.3, 0.4) is 0 Å². The first kappa shape index (κ1) is 21.6. The van der Waals surface area contributed by atoms with Gasteiger partial charge >= 0.3 is 0 Å². The van der Waals surface area contributed by atoms with E-state index in [-0.39, 0.29) is 0 Å². The molecule has 0 rings (SSSR count). The Morgan fingerprint density at radius 2 is 0.696 bits per heavy atom. The van der Waals surface area contributed by atoms with Crippen molar-refractivity contribution in [3.8, 4) is 0 Å². The largest absolute Gasteiger partial charge is 0.103 e. The Hall–Kier alpha value is -1.39. The van der Waals surface area contributed by atoms with Crippen molar-refractivity contribution in [2.45, 2.75) is 41.4 Å². The van der Waals surface area contributed by atoms with Crippen molar-refractivity contribution in [1.29, 1.82) is 0 Å². The lowest BCUT2D eigenvalue weighted by Gasteiger charge is -2.47. The van der Waals surface area contributed by atoms with Gasteiger partial charge in [0.05, 0.1) is 16.1 Å². The monoisotopic (exact) mass is 342 g/mol. The molecule has 0 nitrogen and oxygen atoms in total. The van der Waals surface area contributed by atoms with Crippen LogP contribution in [0, 0.1) is 0 Å². The van der Waals surface area contributed by atoms with Crippen LogP contribution in [0.1, 0.15) is 0 Å². The Labute approximate surface area is 146 Å². The quantitative estimate of drug-likeness (QED) is 0.220. The van der Waals surface area contributed by atoms with Crippen molar-refractivity contribution in [2.24, 2.45) is 0 Å². The van der Waals surface area contributed by atoms with E-state index in [1.165, 1.54) is 0 Å². The lowest BCUT2D eigenvalue weighted by molar-refractivity contribution is 1.15. The molecule has 0 bridgehead atoms. The van der Waals surface area contributed by atoms with Gasteiger partial charge in [0.25, 0.3) is 0 Å². The Balaban J connectivity index is 6.26. The summed E-state index contributed by atoms with van der Waals surface area (Å²) in [5, 5.41) is 0.540. The van der Waals surface area contributed by atoms with Gasteiger partial charge in [-0.1, -0.05) is 42.5 Å². The average Bonchev–Trinajstić information content (AvgIpc) is 2.49. The first-order chi connectivity index (χ1) is 11.1. The molecular weight excluding hydrogens is 308 g/mol. The molecule has 0 saturated carbocycles. The molecule has 23 heavy (non-hydrogen) atoms. The third-order valence-corrected chi connectivity index (χ3v) is 18.3.